The van der Waals surface area contributed by atoms with Crippen molar-refractivity contribution in [3.63, 3.8) is 0 Å². The number of anilines is 3. The van der Waals surface area contributed by atoms with Gasteiger partial charge in [-0.2, -0.15) is 0 Å². The van der Waals surface area contributed by atoms with Crippen molar-refractivity contribution in [1.29, 1.82) is 0 Å². The maximum absolute atomic E-state index is 6.40. The second kappa shape index (κ2) is 12.5. The molecule has 244 valence electrons. The standard InChI is InChI=1S/C50H33NO/c1-2-12-35(13-3-1)44-23-10-16-37-17-11-24-45(50(37)44)38-18-8-19-40(32-38)51(41-30-31-47-46-21-6-7-25-48(46)52-49(47)33-41)39-28-26-36(27-29-39)43-22-9-15-34-14-4-5-20-42(34)43/h1-33H. The smallest absolute Gasteiger partial charge is 0.137 e. The van der Waals surface area contributed by atoms with E-state index in [0.29, 0.717) is 0 Å². The van der Waals surface area contributed by atoms with Gasteiger partial charge >= 0.3 is 0 Å². The van der Waals surface area contributed by atoms with Crippen molar-refractivity contribution < 1.29 is 4.42 Å². The number of para-hydroxylation sites is 1. The molecule has 0 radical (unpaired) electrons. The molecule has 10 aromatic rings. The Labute approximate surface area is 302 Å². The first-order valence-corrected chi connectivity index (χ1v) is 17.8. The zero-order valence-corrected chi connectivity index (χ0v) is 28.4. The first kappa shape index (κ1) is 30.0. The SMILES string of the molecule is c1ccc(-c2cccc3cccc(-c4cccc(N(c5ccc(-c6cccc7ccccc67)cc5)c5ccc6c(c5)oc5ccccc56)c4)c23)cc1. The Hall–Kier alpha value is -6.90. The summed E-state index contributed by atoms with van der Waals surface area (Å²) in [6.45, 7) is 0. The Balaban J connectivity index is 1.14. The van der Waals surface area contributed by atoms with Crippen LogP contribution < -0.4 is 4.90 Å². The quantitative estimate of drug-likeness (QED) is 0.176. The molecule has 2 nitrogen and oxygen atoms in total. The van der Waals surface area contributed by atoms with Gasteiger partial charge in [0.05, 0.1) is 0 Å². The van der Waals surface area contributed by atoms with Gasteiger partial charge in [-0.15, -0.1) is 0 Å². The van der Waals surface area contributed by atoms with Crippen LogP contribution in [0.3, 0.4) is 0 Å². The lowest BCUT2D eigenvalue weighted by molar-refractivity contribution is 0.669. The van der Waals surface area contributed by atoms with Crippen LogP contribution in [0, 0.1) is 0 Å². The summed E-state index contributed by atoms with van der Waals surface area (Å²) < 4.78 is 6.40. The molecule has 0 aliphatic rings. The highest BCUT2D eigenvalue weighted by molar-refractivity contribution is 6.08. The van der Waals surface area contributed by atoms with E-state index in [2.05, 4.69) is 193 Å². The summed E-state index contributed by atoms with van der Waals surface area (Å²) in [6, 6.07) is 71.7. The van der Waals surface area contributed by atoms with Gasteiger partial charge in [0.1, 0.15) is 11.2 Å². The lowest BCUT2D eigenvalue weighted by Gasteiger charge is -2.26. The predicted molar refractivity (Wildman–Crippen MR) is 220 cm³/mol. The molecule has 52 heavy (non-hydrogen) atoms. The van der Waals surface area contributed by atoms with Crippen LogP contribution in [0.4, 0.5) is 17.1 Å². The number of rotatable bonds is 6. The fourth-order valence-corrected chi connectivity index (χ4v) is 7.82. The largest absolute Gasteiger partial charge is 0.456 e. The van der Waals surface area contributed by atoms with Crippen LogP contribution in [0.1, 0.15) is 0 Å². The Morgan fingerprint density at radius 2 is 0.865 bits per heavy atom. The minimum Gasteiger partial charge on any atom is -0.456 e. The van der Waals surface area contributed by atoms with Crippen LogP contribution in [0.2, 0.25) is 0 Å². The molecule has 0 spiro atoms. The minimum atomic E-state index is 0.869. The van der Waals surface area contributed by atoms with Crippen LogP contribution in [0.5, 0.6) is 0 Å². The summed E-state index contributed by atoms with van der Waals surface area (Å²) in [5.41, 5.74) is 12.2. The molecule has 0 fully saturated rings. The summed E-state index contributed by atoms with van der Waals surface area (Å²) >= 11 is 0. The van der Waals surface area contributed by atoms with Crippen molar-refractivity contribution in [1.82, 2.24) is 0 Å². The van der Waals surface area contributed by atoms with Crippen molar-refractivity contribution in [2.24, 2.45) is 0 Å². The minimum absolute atomic E-state index is 0.869. The zero-order valence-electron chi connectivity index (χ0n) is 28.4. The topological polar surface area (TPSA) is 16.4 Å². The summed E-state index contributed by atoms with van der Waals surface area (Å²) in [4.78, 5) is 2.34. The normalized spacial score (nSPS) is 11.5. The van der Waals surface area contributed by atoms with Crippen LogP contribution in [0.25, 0.3) is 76.9 Å². The molecule has 9 aromatic carbocycles. The van der Waals surface area contributed by atoms with Crippen LogP contribution in [0.15, 0.2) is 205 Å². The number of benzene rings is 9. The maximum atomic E-state index is 6.40. The van der Waals surface area contributed by atoms with E-state index in [-0.39, 0.29) is 0 Å². The van der Waals surface area contributed by atoms with Crippen LogP contribution in [-0.4, -0.2) is 0 Å². The molecule has 2 heteroatoms. The molecule has 0 bridgehead atoms. The van der Waals surface area contributed by atoms with Gasteiger partial charge < -0.3 is 9.32 Å². The summed E-state index contributed by atoms with van der Waals surface area (Å²) in [6.07, 6.45) is 0. The molecule has 10 rings (SSSR count). The fraction of sp³-hybridized carbons (Fsp3) is 0. The summed E-state index contributed by atoms with van der Waals surface area (Å²) in [5, 5.41) is 7.21. The second-order valence-corrected chi connectivity index (χ2v) is 13.3. The van der Waals surface area contributed by atoms with E-state index in [0.717, 1.165) is 44.6 Å². The number of hydrogen-bond acceptors (Lipinski definition) is 2. The number of fused-ring (bicyclic) bond motifs is 5. The first-order valence-electron chi connectivity index (χ1n) is 17.8. The third kappa shape index (κ3) is 5.12. The molecular weight excluding hydrogens is 631 g/mol. The third-order valence-corrected chi connectivity index (χ3v) is 10.3. The molecule has 1 heterocycles. The van der Waals surface area contributed by atoms with Gasteiger partial charge in [0.15, 0.2) is 0 Å². The average molecular weight is 664 g/mol. The van der Waals surface area contributed by atoms with E-state index in [1.807, 2.05) is 12.1 Å². The van der Waals surface area contributed by atoms with E-state index in [1.165, 1.54) is 49.4 Å². The molecule has 0 aliphatic heterocycles. The van der Waals surface area contributed by atoms with Crippen molar-refractivity contribution in [3.8, 4) is 33.4 Å². The molecule has 0 atom stereocenters. The Bertz CT molecular complexity index is 2890. The van der Waals surface area contributed by atoms with Crippen molar-refractivity contribution >= 4 is 60.5 Å². The average Bonchev–Trinajstić information content (AvgIpc) is 3.59. The molecular formula is C50H33NO. The van der Waals surface area contributed by atoms with Gasteiger partial charge in [0.25, 0.3) is 0 Å². The van der Waals surface area contributed by atoms with E-state index >= 15 is 0 Å². The highest BCUT2D eigenvalue weighted by Crippen LogP contribution is 2.42. The third-order valence-electron chi connectivity index (χ3n) is 10.3. The van der Waals surface area contributed by atoms with Gasteiger partial charge in [-0.1, -0.05) is 152 Å². The molecule has 1 aromatic heterocycles. The monoisotopic (exact) mass is 663 g/mol. The first-order chi connectivity index (χ1) is 25.8. The number of furan rings is 1. The molecule has 0 unspecified atom stereocenters. The molecule has 0 saturated carbocycles. The highest BCUT2D eigenvalue weighted by atomic mass is 16.3. The van der Waals surface area contributed by atoms with Crippen molar-refractivity contribution in [2.45, 2.75) is 0 Å². The predicted octanol–water partition coefficient (Wildman–Crippen LogP) is 14.4. The fourth-order valence-electron chi connectivity index (χ4n) is 7.82. The van der Waals surface area contributed by atoms with Gasteiger partial charge in [-0.05, 0) is 97.4 Å². The molecule has 0 saturated heterocycles. The lowest BCUT2D eigenvalue weighted by Crippen LogP contribution is -2.10. The number of hydrogen-bond donors (Lipinski definition) is 0. The Kier molecular flexibility index (Phi) is 7.18. The highest BCUT2D eigenvalue weighted by Gasteiger charge is 2.18. The van der Waals surface area contributed by atoms with Gasteiger partial charge in [-0.25, -0.2) is 0 Å². The van der Waals surface area contributed by atoms with E-state index in [9.17, 15) is 0 Å². The molecule has 0 amide bonds. The second-order valence-electron chi connectivity index (χ2n) is 13.3. The number of nitrogens with zero attached hydrogens (tertiary/aromatic N) is 1. The maximum Gasteiger partial charge on any atom is 0.137 e. The van der Waals surface area contributed by atoms with Crippen molar-refractivity contribution in [2.75, 3.05) is 4.90 Å². The van der Waals surface area contributed by atoms with Gasteiger partial charge in [0.2, 0.25) is 0 Å². The van der Waals surface area contributed by atoms with E-state index < -0.39 is 0 Å². The van der Waals surface area contributed by atoms with Crippen molar-refractivity contribution in [3.05, 3.63) is 200 Å². The molecule has 0 N–H and O–H groups in total. The van der Waals surface area contributed by atoms with E-state index in [4.69, 9.17) is 4.42 Å². The zero-order chi connectivity index (χ0) is 34.4. The Morgan fingerprint density at radius 3 is 1.69 bits per heavy atom. The van der Waals surface area contributed by atoms with Crippen LogP contribution >= 0.6 is 0 Å². The lowest BCUT2D eigenvalue weighted by atomic mass is 9.91. The van der Waals surface area contributed by atoms with Crippen LogP contribution in [-0.2, 0) is 0 Å². The van der Waals surface area contributed by atoms with E-state index in [1.54, 1.807) is 0 Å². The Morgan fingerprint density at radius 1 is 0.308 bits per heavy atom. The summed E-state index contributed by atoms with van der Waals surface area (Å²) in [5.74, 6) is 0. The molecule has 0 aliphatic carbocycles. The van der Waals surface area contributed by atoms with Gasteiger partial charge in [0, 0.05) is 33.9 Å². The summed E-state index contributed by atoms with van der Waals surface area (Å²) in [7, 11) is 0. The van der Waals surface area contributed by atoms with Gasteiger partial charge in [-0.3, -0.25) is 0 Å².